The molecule has 1 fully saturated rings. The molecular weight excluding hydrogens is 369 g/mol. The normalized spacial score (nSPS) is 48.1. The zero-order valence-electron chi connectivity index (χ0n) is 9.91. The lowest BCUT2D eigenvalue weighted by atomic mass is 9.77. The van der Waals surface area contributed by atoms with Crippen molar-refractivity contribution in [3.63, 3.8) is 0 Å². The molecule has 0 aromatic rings. The van der Waals surface area contributed by atoms with Crippen molar-refractivity contribution in [3.05, 3.63) is 22.2 Å². The van der Waals surface area contributed by atoms with Crippen LogP contribution < -0.4 is 0 Å². The van der Waals surface area contributed by atoms with Gasteiger partial charge in [-0.05, 0) is 25.2 Å². The van der Waals surface area contributed by atoms with Crippen molar-refractivity contribution in [3.8, 4) is 0 Å². The van der Waals surface area contributed by atoms with Crippen LogP contribution in [0, 0.1) is 11.8 Å². The van der Waals surface area contributed by atoms with Gasteiger partial charge in [-0.1, -0.05) is 65.0 Å². The summed E-state index contributed by atoms with van der Waals surface area (Å²) in [6, 6.07) is 0. The molecule has 0 aromatic heterocycles. The number of rotatable bonds is 0. The summed E-state index contributed by atoms with van der Waals surface area (Å²) in [5.41, 5.74) is 0. The molecule has 1 saturated carbocycles. The SMILES string of the molecule is ClC1=C(Cl)C2(Cl)C3CCCCC=CC3C1(Cl)C2(Cl)Cl. The fourth-order valence-electron chi connectivity index (χ4n) is 3.65. The van der Waals surface area contributed by atoms with Crippen molar-refractivity contribution >= 4 is 69.6 Å². The van der Waals surface area contributed by atoms with E-state index in [1.807, 2.05) is 0 Å². The Bertz CT molecular complexity index is 482. The molecule has 0 spiro atoms. The molecule has 2 bridgehead atoms. The van der Waals surface area contributed by atoms with Crippen LogP contribution in [0.4, 0.5) is 0 Å². The van der Waals surface area contributed by atoms with Gasteiger partial charge in [0, 0.05) is 5.92 Å². The molecule has 3 aliphatic carbocycles. The van der Waals surface area contributed by atoms with E-state index in [1.165, 1.54) is 0 Å². The van der Waals surface area contributed by atoms with Gasteiger partial charge < -0.3 is 0 Å². The molecule has 3 aliphatic rings. The molecule has 3 rings (SSSR count). The molecular formula is C13H12Cl6. The van der Waals surface area contributed by atoms with E-state index in [2.05, 4.69) is 12.2 Å². The van der Waals surface area contributed by atoms with Crippen LogP contribution >= 0.6 is 69.6 Å². The van der Waals surface area contributed by atoms with Gasteiger partial charge in [0.05, 0.1) is 10.1 Å². The highest BCUT2D eigenvalue weighted by molar-refractivity contribution is 6.65. The first kappa shape index (κ1) is 15.1. The maximum atomic E-state index is 6.77. The fraction of sp³-hybridized carbons (Fsp3) is 0.692. The quantitative estimate of drug-likeness (QED) is 0.347. The minimum atomic E-state index is -1.40. The smallest absolute Gasteiger partial charge is 0.109 e. The average molecular weight is 381 g/mol. The second-order valence-electron chi connectivity index (χ2n) is 5.47. The zero-order chi connectivity index (χ0) is 14.1. The number of hydrogen-bond donors (Lipinski definition) is 0. The van der Waals surface area contributed by atoms with E-state index in [0.717, 1.165) is 25.7 Å². The Balaban J connectivity index is 2.23. The highest BCUT2D eigenvalue weighted by atomic mass is 35.5. The molecule has 0 radical (unpaired) electrons. The van der Waals surface area contributed by atoms with E-state index >= 15 is 0 Å². The number of halogens is 6. The predicted molar refractivity (Wildman–Crippen MR) is 84.9 cm³/mol. The predicted octanol–water partition coefficient (Wildman–Crippen LogP) is 6.19. The van der Waals surface area contributed by atoms with Gasteiger partial charge >= 0.3 is 0 Å². The summed E-state index contributed by atoms with van der Waals surface area (Å²) < 4.78 is -1.40. The van der Waals surface area contributed by atoms with E-state index in [0.29, 0.717) is 10.1 Å². The standard InChI is InChI=1S/C13H12Cl6/c14-9-10(15)12(17)8-6-4-2-1-3-5-7(8)11(9,16)13(12,18)19/h3,5,7-8H,1-2,4,6H2. The average Bonchev–Trinajstić information content (AvgIpc) is 2.50. The van der Waals surface area contributed by atoms with Crippen molar-refractivity contribution in [2.45, 2.75) is 39.8 Å². The minimum absolute atomic E-state index is 0.00761. The van der Waals surface area contributed by atoms with E-state index in [1.54, 1.807) is 0 Å². The summed E-state index contributed by atoms with van der Waals surface area (Å²) in [4.78, 5) is -2.22. The highest BCUT2D eigenvalue weighted by Gasteiger charge is 2.81. The van der Waals surface area contributed by atoms with Gasteiger partial charge in [0.15, 0.2) is 4.33 Å². The first-order valence-electron chi connectivity index (χ1n) is 6.28. The Kier molecular flexibility index (Phi) is 3.67. The number of alkyl halides is 4. The van der Waals surface area contributed by atoms with Crippen molar-refractivity contribution in [2.24, 2.45) is 11.8 Å². The topological polar surface area (TPSA) is 0 Å². The van der Waals surface area contributed by atoms with Crippen LogP contribution in [0.3, 0.4) is 0 Å². The maximum Gasteiger partial charge on any atom is 0.167 e. The third-order valence-electron chi connectivity index (χ3n) is 4.63. The van der Waals surface area contributed by atoms with Crippen molar-refractivity contribution in [1.82, 2.24) is 0 Å². The number of allylic oxidation sites excluding steroid dienone is 4. The summed E-state index contributed by atoms with van der Waals surface area (Å²) >= 11 is 39.2. The van der Waals surface area contributed by atoms with Gasteiger partial charge in [-0.15, -0.1) is 23.2 Å². The van der Waals surface area contributed by atoms with Crippen LogP contribution in [-0.4, -0.2) is 14.1 Å². The van der Waals surface area contributed by atoms with E-state index in [9.17, 15) is 0 Å². The second-order valence-corrected chi connectivity index (χ2v) is 8.75. The Hall–Kier alpha value is 1.22. The largest absolute Gasteiger partial charge is 0.167 e. The third kappa shape index (κ3) is 1.57. The fourth-order valence-corrected chi connectivity index (χ4v) is 6.70. The lowest BCUT2D eigenvalue weighted by Crippen LogP contribution is -2.44. The van der Waals surface area contributed by atoms with E-state index < -0.39 is 14.1 Å². The van der Waals surface area contributed by atoms with Crippen LogP contribution in [0.1, 0.15) is 25.7 Å². The van der Waals surface area contributed by atoms with Gasteiger partial charge in [-0.25, -0.2) is 0 Å². The lowest BCUT2D eigenvalue weighted by Gasteiger charge is -2.36. The Morgan fingerprint density at radius 3 is 2.26 bits per heavy atom. The van der Waals surface area contributed by atoms with Crippen LogP contribution in [0.5, 0.6) is 0 Å². The van der Waals surface area contributed by atoms with E-state index in [4.69, 9.17) is 69.6 Å². The molecule has 4 atom stereocenters. The molecule has 4 unspecified atom stereocenters. The van der Waals surface area contributed by atoms with Crippen LogP contribution in [-0.2, 0) is 0 Å². The van der Waals surface area contributed by atoms with Gasteiger partial charge in [0.25, 0.3) is 0 Å². The molecule has 0 aromatic carbocycles. The molecule has 106 valence electrons. The lowest BCUT2D eigenvalue weighted by molar-refractivity contribution is 0.343. The molecule has 0 nitrogen and oxygen atoms in total. The Morgan fingerprint density at radius 2 is 1.58 bits per heavy atom. The molecule has 0 saturated heterocycles. The minimum Gasteiger partial charge on any atom is -0.109 e. The molecule has 0 amide bonds. The van der Waals surface area contributed by atoms with E-state index in [-0.39, 0.29) is 11.8 Å². The van der Waals surface area contributed by atoms with Gasteiger partial charge in [-0.3, -0.25) is 0 Å². The van der Waals surface area contributed by atoms with Crippen molar-refractivity contribution in [2.75, 3.05) is 0 Å². The molecule has 0 heterocycles. The summed E-state index contributed by atoms with van der Waals surface area (Å²) in [5.74, 6) is -0.0785. The molecule has 6 heteroatoms. The van der Waals surface area contributed by atoms with Crippen LogP contribution in [0.25, 0.3) is 0 Å². The first-order chi connectivity index (χ1) is 8.79. The first-order valence-corrected chi connectivity index (χ1v) is 8.55. The Labute approximate surface area is 143 Å². The summed E-state index contributed by atoms with van der Waals surface area (Å²) in [6.45, 7) is 0. The molecule has 0 N–H and O–H groups in total. The van der Waals surface area contributed by atoms with Crippen LogP contribution in [0.2, 0.25) is 0 Å². The number of fused-ring (bicyclic) bond motifs is 5. The summed E-state index contributed by atoms with van der Waals surface area (Å²) in [7, 11) is 0. The number of hydrogen-bond acceptors (Lipinski definition) is 0. The summed E-state index contributed by atoms with van der Waals surface area (Å²) in [6.07, 6.45) is 8.27. The zero-order valence-corrected chi connectivity index (χ0v) is 14.4. The van der Waals surface area contributed by atoms with Gasteiger partial charge in [-0.2, -0.15) is 0 Å². The Morgan fingerprint density at radius 1 is 0.947 bits per heavy atom. The third-order valence-corrected chi connectivity index (χ3v) is 8.95. The molecule has 19 heavy (non-hydrogen) atoms. The van der Waals surface area contributed by atoms with Gasteiger partial charge in [0.2, 0.25) is 0 Å². The van der Waals surface area contributed by atoms with Crippen LogP contribution in [0.15, 0.2) is 22.2 Å². The monoisotopic (exact) mass is 378 g/mol. The van der Waals surface area contributed by atoms with Gasteiger partial charge in [0.1, 0.15) is 9.75 Å². The summed E-state index contributed by atoms with van der Waals surface area (Å²) in [5, 5.41) is 0.605. The highest BCUT2D eigenvalue weighted by Crippen LogP contribution is 2.77. The molecule has 0 aliphatic heterocycles. The van der Waals surface area contributed by atoms with Crippen molar-refractivity contribution in [1.29, 1.82) is 0 Å². The second kappa shape index (κ2) is 4.61. The maximum absolute atomic E-state index is 6.77. The van der Waals surface area contributed by atoms with Crippen molar-refractivity contribution < 1.29 is 0 Å².